The number of aromatic amines is 1. The minimum absolute atomic E-state index is 0.315. The van der Waals surface area contributed by atoms with Crippen LogP contribution in [0.2, 0.25) is 0 Å². The topological polar surface area (TPSA) is 88.1 Å². The predicted molar refractivity (Wildman–Crippen MR) is 110 cm³/mol. The fourth-order valence-electron chi connectivity index (χ4n) is 2.85. The number of nitrogens with one attached hydrogen (secondary N) is 2. The maximum Gasteiger partial charge on any atom is 0.265 e. The predicted octanol–water partition coefficient (Wildman–Crippen LogP) is 4.29. The SMILES string of the molecule is CCc1ccc2[nH]c3nc(NN=Cc4cc(Br)ccc4OC)nnc3c2c1. The monoisotopic (exact) mass is 424 g/mol. The quantitative estimate of drug-likeness (QED) is 0.368. The maximum absolute atomic E-state index is 5.32. The number of aryl methyl sites for hydroxylation is 1. The smallest absolute Gasteiger partial charge is 0.265 e. The molecule has 2 N–H and O–H groups in total. The van der Waals surface area contributed by atoms with Crippen LogP contribution in [-0.2, 0) is 6.42 Å². The summed E-state index contributed by atoms with van der Waals surface area (Å²) in [7, 11) is 1.62. The van der Waals surface area contributed by atoms with Gasteiger partial charge in [0, 0.05) is 20.9 Å². The molecule has 7 nitrogen and oxygen atoms in total. The molecular formula is C19H17BrN6O. The molecule has 0 unspecified atom stereocenters. The van der Waals surface area contributed by atoms with E-state index in [9.17, 15) is 0 Å². The molecule has 0 bridgehead atoms. The molecule has 0 aliphatic heterocycles. The van der Waals surface area contributed by atoms with E-state index in [0.717, 1.165) is 38.6 Å². The van der Waals surface area contributed by atoms with Crippen molar-refractivity contribution in [3.05, 3.63) is 52.0 Å². The summed E-state index contributed by atoms with van der Waals surface area (Å²) < 4.78 is 6.26. The number of H-pyrrole nitrogens is 1. The number of anilines is 1. The molecular weight excluding hydrogens is 408 g/mol. The van der Waals surface area contributed by atoms with Gasteiger partial charge in [-0.15, -0.1) is 10.2 Å². The van der Waals surface area contributed by atoms with Crippen molar-refractivity contribution in [2.75, 3.05) is 12.5 Å². The highest BCUT2D eigenvalue weighted by molar-refractivity contribution is 9.10. The second-order valence-electron chi connectivity index (χ2n) is 5.95. The molecule has 0 atom stereocenters. The lowest BCUT2D eigenvalue weighted by molar-refractivity contribution is 0.414. The zero-order valence-electron chi connectivity index (χ0n) is 14.8. The van der Waals surface area contributed by atoms with E-state index in [-0.39, 0.29) is 0 Å². The summed E-state index contributed by atoms with van der Waals surface area (Å²) in [5.74, 6) is 1.04. The van der Waals surface area contributed by atoms with Gasteiger partial charge in [0.2, 0.25) is 0 Å². The molecule has 0 amide bonds. The first-order valence-electron chi connectivity index (χ1n) is 8.45. The van der Waals surface area contributed by atoms with Crippen molar-refractivity contribution in [2.24, 2.45) is 5.10 Å². The molecule has 4 aromatic rings. The van der Waals surface area contributed by atoms with Gasteiger partial charge in [0.15, 0.2) is 5.65 Å². The Morgan fingerprint density at radius 2 is 2.11 bits per heavy atom. The van der Waals surface area contributed by atoms with Crippen molar-refractivity contribution < 1.29 is 4.74 Å². The number of rotatable bonds is 5. The summed E-state index contributed by atoms with van der Waals surface area (Å²) in [5, 5.41) is 13.7. The third-order valence-electron chi connectivity index (χ3n) is 4.25. The maximum atomic E-state index is 5.32. The molecule has 27 heavy (non-hydrogen) atoms. The van der Waals surface area contributed by atoms with E-state index in [1.54, 1.807) is 13.3 Å². The van der Waals surface area contributed by atoms with Gasteiger partial charge in [-0.3, -0.25) is 0 Å². The van der Waals surface area contributed by atoms with Gasteiger partial charge in [0.25, 0.3) is 5.95 Å². The van der Waals surface area contributed by atoms with Crippen LogP contribution in [-0.4, -0.2) is 33.5 Å². The van der Waals surface area contributed by atoms with Gasteiger partial charge in [0.1, 0.15) is 11.3 Å². The zero-order chi connectivity index (χ0) is 18.8. The highest BCUT2D eigenvalue weighted by atomic mass is 79.9. The van der Waals surface area contributed by atoms with E-state index >= 15 is 0 Å². The molecule has 0 aliphatic carbocycles. The van der Waals surface area contributed by atoms with E-state index in [1.807, 2.05) is 24.3 Å². The van der Waals surface area contributed by atoms with Crippen LogP contribution in [0, 0.1) is 0 Å². The number of methoxy groups -OCH3 is 1. The molecule has 2 aromatic heterocycles. The van der Waals surface area contributed by atoms with Gasteiger partial charge < -0.3 is 9.72 Å². The van der Waals surface area contributed by atoms with Crippen LogP contribution in [0.4, 0.5) is 5.95 Å². The van der Waals surface area contributed by atoms with Gasteiger partial charge >= 0.3 is 0 Å². The molecule has 2 heterocycles. The number of hydrazone groups is 1. The molecule has 0 spiro atoms. The van der Waals surface area contributed by atoms with Crippen molar-refractivity contribution in [1.29, 1.82) is 0 Å². The van der Waals surface area contributed by atoms with Gasteiger partial charge in [0.05, 0.1) is 13.3 Å². The zero-order valence-corrected chi connectivity index (χ0v) is 16.4. The van der Waals surface area contributed by atoms with Gasteiger partial charge in [-0.1, -0.05) is 28.9 Å². The number of hydrogen-bond donors (Lipinski definition) is 2. The van der Waals surface area contributed by atoms with Crippen LogP contribution >= 0.6 is 15.9 Å². The molecule has 0 saturated heterocycles. The Kier molecular flexibility index (Phi) is 4.72. The van der Waals surface area contributed by atoms with E-state index in [4.69, 9.17) is 4.74 Å². The first-order chi connectivity index (χ1) is 13.2. The number of ether oxygens (including phenoxy) is 1. The molecule has 136 valence electrons. The molecule has 0 saturated carbocycles. The Hall–Kier alpha value is -3.00. The summed E-state index contributed by atoms with van der Waals surface area (Å²) in [4.78, 5) is 7.74. The lowest BCUT2D eigenvalue weighted by atomic mass is 10.1. The highest BCUT2D eigenvalue weighted by Gasteiger charge is 2.09. The summed E-state index contributed by atoms with van der Waals surface area (Å²) >= 11 is 3.44. The summed E-state index contributed by atoms with van der Waals surface area (Å²) in [5.41, 5.74) is 7.31. The molecule has 0 fully saturated rings. The lowest BCUT2D eigenvalue weighted by Gasteiger charge is -2.04. The van der Waals surface area contributed by atoms with Crippen molar-refractivity contribution in [3.63, 3.8) is 0 Å². The summed E-state index contributed by atoms with van der Waals surface area (Å²) in [6.07, 6.45) is 2.62. The first kappa shape index (κ1) is 17.4. The average molecular weight is 425 g/mol. The number of fused-ring (bicyclic) bond motifs is 3. The summed E-state index contributed by atoms with van der Waals surface area (Å²) in [6.45, 7) is 2.13. The fourth-order valence-corrected chi connectivity index (χ4v) is 3.23. The molecule has 0 aliphatic rings. The van der Waals surface area contributed by atoms with Gasteiger partial charge in [-0.05, 0) is 42.3 Å². The Morgan fingerprint density at radius 1 is 1.22 bits per heavy atom. The highest BCUT2D eigenvalue weighted by Crippen LogP contribution is 2.24. The second kappa shape index (κ2) is 7.32. The van der Waals surface area contributed by atoms with E-state index in [1.165, 1.54) is 5.56 Å². The standard InChI is InChI=1S/C19H17BrN6O/c1-3-11-4-6-15-14(8-11)17-18(22-15)23-19(26-24-17)25-21-10-12-9-13(20)5-7-16(12)27-2/h4-10H,3H2,1-2H3,(H2,22,23,25,26). The van der Waals surface area contributed by atoms with Crippen LogP contribution < -0.4 is 10.2 Å². The normalized spacial score (nSPS) is 11.5. The fraction of sp³-hybridized carbons (Fsp3) is 0.158. The van der Waals surface area contributed by atoms with Crippen LogP contribution in [0.5, 0.6) is 5.75 Å². The van der Waals surface area contributed by atoms with Crippen molar-refractivity contribution in [3.8, 4) is 5.75 Å². The molecule has 2 aromatic carbocycles. The number of benzene rings is 2. The first-order valence-corrected chi connectivity index (χ1v) is 9.25. The lowest BCUT2D eigenvalue weighted by Crippen LogP contribution is -1.99. The van der Waals surface area contributed by atoms with Crippen molar-refractivity contribution in [1.82, 2.24) is 20.2 Å². The number of hydrogen-bond acceptors (Lipinski definition) is 6. The van der Waals surface area contributed by atoms with Crippen LogP contribution in [0.3, 0.4) is 0 Å². The van der Waals surface area contributed by atoms with Crippen LogP contribution in [0.25, 0.3) is 22.1 Å². The Morgan fingerprint density at radius 3 is 2.93 bits per heavy atom. The Bertz CT molecular complexity index is 1150. The third kappa shape index (κ3) is 3.48. The number of aromatic nitrogens is 4. The molecule has 8 heteroatoms. The number of halogens is 1. The van der Waals surface area contributed by atoms with E-state index in [2.05, 4.69) is 65.7 Å². The van der Waals surface area contributed by atoms with E-state index < -0.39 is 0 Å². The molecule has 4 rings (SSSR count). The third-order valence-corrected chi connectivity index (χ3v) is 4.74. The largest absolute Gasteiger partial charge is 0.496 e. The van der Waals surface area contributed by atoms with Gasteiger partial charge in [-0.25, -0.2) is 5.43 Å². The second-order valence-corrected chi connectivity index (χ2v) is 6.86. The average Bonchev–Trinajstić information content (AvgIpc) is 3.05. The van der Waals surface area contributed by atoms with Crippen LogP contribution in [0.15, 0.2) is 46.0 Å². The van der Waals surface area contributed by atoms with Crippen LogP contribution in [0.1, 0.15) is 18.1 Å². The minimum Gasteiger partial charge on any atom is -0.496 e. The Labute approximate surface area is 164 Å². The number of nitrogens with zero attached hydrogens (tertiary/aromatic N) is 4. The Balaban J connectivity index is 1.61. The van der Waals surface area contributed by atoms with Gasteiger partial charge in [-0.2, -0.15) is 10.1 Å². The minimum atomic E-state index is 0.315. The van der Waals surface area contributed by atoms with Crippen molar-refractivity contribution >= 4 is 50.2 Å². The van der Waals surface area contributed by atoms with E-state index in [0.29, 0.717) is 11.6 Å². The summed E-state index contributed by atoms with van der Waals surface area (Å²) in [6, 6.07) is 11.9. The molecule has 0 radical (unpaired) electrons. The van der Waals surface area contributed by atoms with Crippen molar-refractivity contribution in [2.45, 2.75) is 13.3 Å².